The topological polar surface area (TPSA) is 88.6 Å². The van der Waals surface area contributed by atoms with Crippen LogP contribution in [-0.2, 0) is 14.8 Å². The van der Waals surface area contributed by atoms with Gasteiger partial charge in [0.15, 0.2) is 0 Å². The zero-order valence-corrected chi connectivity index (χ0v) is 18.8. The molecule has 0 aliphatic heterocycles. The summed E-state index contributed by atoms with van der Waals surface area (Å²) in [6.45, 7) is 3.38. The molecule has 7 nitrogen and oxygen atoms in total. The van der Waals surface area contributed by atoms with Gasteiger partial charge in [0.25, 0.3) is 0 Å². The lowest BCUT2D eigenvalue weighted by atomic mass is 10.1. The number of rotatable bonds is 7. The molecule has 1 heterocycles. The molecular weight excluding hydrogens is 422 g/mol. The lowest BCUT2D eigenvalue weighted by Crippen LogP contribution is -2.35. The van der Waals surface area contributed by atoms with E-state index in [4.69, 9.17) is 4.74 Å². The van der Waals surface area contributed by atoms with E-state index >= 15 is 0 Å². The Balaban J connectivity index is 1.70. The van der Waals surface area contributed by atoms with Gasteiger partial charge in [-0.15, -0.1) is 11.3 Å². The average Bonchev–Trinajstić information content (AvgIpc) is 3.14. The number of nitrogens with zero attached hydrogens (tertiary/aromatic N) is 2. The summed E-state index contributed by atoms with van der Waals surface area (Å²) in [5.74, 6) is 0.169. The number of thiazole rings is 1. The van der Waals surface area contributed by atoms with E-state index in [9.17, 15) is 13.2 Å². The van der Waals surface area contributed by atoms with E-state index in [1.165, 1.54) is 26.3 Å². The quantitative estimate of drug-likeness (QED) is 0.599. The summed E-state index contributed by atoms with van der Waals surface area (Å²) in [6, 6.07) is 11.9. The molecule has 30 heavy (non-hydrogen) atoms. The molecule has 0 aliphatic carbocycles. The molecule has 0 aliphatic rings. The van der Waals surface area contributed by atoms with Gasteiger partial charge in [0, 0.05) is 23.7 Å². The second-order valence-corrected chi connectivity index (χ2v) is 9.88. The number of methoxy groups -OCH3 is 1. The fraction of sp³-hybridized carbons (Fsp3) is 0.238. The van der Waals surface area contributed by atoms with Crippen molar-refractivity contribution in [3.05, 3.63) is 58.4 Å². The van der Waals surface area contributed by atoms with Crippen molar-refractivity contribution in [2.75, 3.05) is 26.0 Å². The molecule has 0 bridgehead atoms. The predicted molar refractivity (Wildman–Crippen MR) is 118 cm³/mol. The Labute approximate surface area is 180 Å². The molecule has 2 aromatic carbocycles. The van der Waals surface area contributed by atoms with Gasteiger partial charge in [0.05, 0.1) is 29.3 Å². The van der Waals surface area contributed by atoms with Crippen LogP contribution in [0.5, 0.6) is 5.75 Å². The standard InChI is InChI=1S/C21H23N3O4S2/c1-14-10-18(8-9-20(14)28-4)30(26,27)24(3)12-21(25)23-17-7-5-6-16(11-17)19-13-29-15(2)22-19/h5-11,13H,12H2,1-4H3,(H,23,25). The van der Waals surface area contributed by atoms with Gasteiger partial charge >= 0.3 is 0 Å². The predicted octanol–water partition coefficient (Wildman–Crippen LogP) is 3.69. The summed E-state index contributed by atoms with van der Waals surface area (Å²) < 4.78 is 31.8. The summed E-state index contributed by atoms with van der Waals surface area (Å²) in [5.41, 5.74) is 3.00. The summed E-state index contributed by atoms with van der Waals surface area (Å²) in [4.78, 5) is 17.0. The van der Waals surface area contributed by atoms with Crippen LogP contribution in [0.4, 0.5) is 5.69 Å². The van der Waals surface area contributed by atoms with Gasteiger partial charge in [-0.1, -0.05) is 12.1 Å². The number of carbonyl (C=O) groups is 1. The molecule has 1 aromatic heterocycles. The fourth-order valence-electron chi connectivity index (χ4n) is 2.93. The SMILES string of the molecule is COc1ccc(S(=O)(=O)N(C)CC(=O)Nc2cccc(-c3csc(C)n3)c2)cc1C. The smallest absolute Gasteiger partial charge is 0.243 e. The molecule has 158 valence electrons. The molecule has 0 spiro atoms. The molecule has 0 fully saturated rings. The maximum atomic E-state index is 12.8. The highest BCUT2D eigenvalue weighted by Crippen LogP contribution is 2.25. The van der Waals surface area contributed by atoms with Gasteiger partial charge in [0.2, 0.25) is 15.9 Å². The largest absolute Gasteiger partial charge is 0.496 e. The van der Waals surface area contributed by atoms with Crippen molar-refractivity contribution in [3.63, 3.8) is 0 Å². The number of anilines is 1. The van der Waals surface area contributed by atoms with Crippen LogP contribution in [0, 0.1) is 13.8 Å². The van der Waals surface area contributed by atoms with Crippen molar-refractivity contribution in [2.45, 2.75) is 18.7 Å². The molecule has 3 aromatic rings. The van der Waals surface area contributed by atoms with Crippen molar-refractivity contribution in [1.29, 1.82) is 0 Å². The lowest BCUT2D eigenvalue weighted by molar-refractivity contribution is -0.116. The van der Waals surface area contributed by atoms with Gasteiger partial charge in [0.1, 0.15) is 5.75 Å². The van der Waals surface area contributed by atoms with Crippen molar-refractivity contribution in [3.8, 4) is 17.0 Å². The van der Waals surface area contributed by atoms with E-state index < -0.39 is 15.9 Å². The molecule has 0 radical (unpaired) electrons. The Morgan fingerprint density at radius 1 is 1.20 bits per heavy atom. The maximum Gasteiger partial charge on any atom is 0.243 e. The monoisotopic (exact) mass is 445 g/mol. The first-order valence-electron chi connectivity index (χ1n) is 9.14. The van der Waals surface area contributed by atoms with Gasteiger partial charge in [-0.25, -0.2) is 13.4 Å². The number of nitrogens with one attached hydrogen (secondary N) is 1. The number of hydrogen-bond acceptors (Lipinski definition) is 6. The zero-order valence-electron chi connectivity index (χ0n) is 17.2. The van der Waals surface area contributed by atoms with Crippen molar-refractivity contribution in [1.82, 2.24) is 9.29 Å². The lowest BCUT2D eigenvalue weighted by Gasteiger charge is -2.18. The first-order valence-corrected chi connectivity index (χ1v) is 11.5. The van der Waals surface area contributed by atoms with E-state index in [1.807, 2.05) is 30.5 Å². The molecule has 0 unspecified atom stereocenters. The summed E-state index contributed by atoms with van der Waals surface area (Å²) in [6.07, 6.45) is 0. The Morgan fingerprint density at radius 2 is 1.97 bits per heavy atom. The number of carbonyl (C=O) groups excluding carboxylic acids is 1. The average molecular weight is 446 g/mol. The highest BCUT2D eigenvalue weighted by atomic mass is 32.2. The molecule has 0 saturated heterocycles. The minimum Gasteiger partial charge on any atom is -0.496 e. The molecule has 9 heteroatoms. The molecule has 1 amide bonds. The molecule has 0 saturated carbocycles. The molecule has 3 rings (SSSR count). The van der Waals surface area contributed by atoms with E-state index in [1.54, 1.807) is 30.4 Å². The number of hydrogen-bond donors (Lipinski definition) is 1. The maximum absolute atomic E-state index is 12.8. The first kappa shape index (κ1) is 21.9. The third kappa shape index (κ3) is 4.86. The van der Waals surface area contributed by atoms with E-state index in [0.29, 0.717) is 17.0 Å². The summed E-state index contributed by atoms with van der Waals surface area (Å²) >= 11 is 1.55. The van der Waals surface area contributed by atoms with Crippen molar-refractivity contribution in [2.24, 2.45) is 0 Å². The van der Waals surface area contributed by atoms with Gasteiger partial charge < -0.3 is 10.1 Å². The van der Waals surface area contributed by atoms with Gasteiger partial charge in [-0.3, -0.25) is 4.79 Å². The van der Waals surface area contributed by atoms with Crippen LogP contribution in [0.1, 0.15) is 10.6 Å². The zero-order chi connectivity index (χ0) is 21.9. The fourth-order valence-corrected chi connectivity index (χ4v) is 4.77. The second kappa shape index (κ2) is 8.95. The Morgan fingerprint density at radius 3 is 2.60 bits per heavy atom. The van der Waals surface area contributed by atoms with Crippen LogP contribution in [0.2, 0.25) is 0 Å². The van der Waals surface area contributed by atoms with Gasteiger partial charge in [-0.05, 0) is 49.7 Å². The van der Waals surface area contributed by atoms with Gasteiger partial charge in [-0.2, -0.15) is 4.31 Å². The van der Waals surface area contributed by atoms with Crippen LogP contribution in [0.3, 0.4) is 0 Å². The normalized spacial score (nSPS) is 11.5. The van der Waals surface area contributed by atoms with Crippen molar-refractivity contribution < 1.29 is 17.9 Å². The summed E-state index contributed by atoms with van der Waals surface area (Å²) in [5, 5.41) is 5.66. The van der Waals surface area contributed by atoms with E-state index in [-0.39, 0.29) is 11.4 Å². The molecular formula is C21H23N3O4S2. The Hall–Kier alpha value is -2.75. The molecule has 1 N–H and O–H groups in total. The minimum atomic E-state index is -3.81. The number of aryl methyl sites for hydroxylation is 2. The second-order valence-electron chi connectivity index (χ2n) is 6.77. The van der Waals surface area contributed by atoms with Crippen LogP contribution >= 0.6 is 11.3 Å². The van der Waals surface area contributed by atoms with E-state index in [2.05, 4.69) is 10.3 Å². The third-order valence-corrected chi connectivity index (χ3v) is 7.07. The third-order valence-electron chi connectivity index (χ3n) is 4.50. The Kier molecular flexibility index (Phi) is 6.55. The number of ether oxygens (including phenoxy) is 1. The first-order chi connectivity index (χ1) is 14.2. The van der Waals surface area contributed by atoms with Crippen LogP contribution in [0.15, 0.2) is 52.7 Å². The van der Waals surface area contributed by atoms with Crippen LogP contribution in [-0.4, -0.2) is 44.3 Å². The number of amides is 1. The highest BCUT2D eigenvalue weighted by molar-refractivity contribution is 7.89. The minimum absolute atomic E-state index is 0.108. The Bertz CT molecular complexity index is 1170. The van der Waals surface area contributed by atoms with E-state index in [0.717, 1.165) is 20.6 Å². The van der Waals surface area contributed by atoms with Crippen molar-refractivity contribution >= 4 is 33.0 Å². The number of likely N-dealkylation sites (N-methyl/N-ethyl adjacent to an activating group) is 1. The summed E-state index contributed by atoms with van der Waals surface area (Å²) in [7, 11) is -0.911. The van der Waals surface area contributed by atoms with Crippen LogP contribution < -0.4 is 10.1 Å². The van der Waals surface area contributed by atoms with Crippen LogP contribution in [0.25, 0.3) is 11.3 Å². The number of aromatic nitrogens is 1. The molecule has 0 atom stereocenters. The number of benzene rings is 2. The number of sulfonamides is 1. The highest BCUT2D eigenvalue weighted by Gasteiger charge is 2.23.